The number of methoxy groups -OCH3 is 2. The molecular weight excluding hydrogens is 365 g/mol. The summed E-state index contributed by atoms with van der Waals surface area (Å²) in [6.45, 7) is -0.294. The highest BCUT2D eigenvalue weighted by Crippen LogP contribution is 2.40. The van der Waals surface area contributed by atoms with Crippen LogP contribution in [0, 0.1) is 0 Å². The van der Waals surface area contributed by atoms with Gasteiger partial charge in [0, 0.05) is 10.6 Å². The molecule has 3 aromatic rings. The zero-order chi connectivity index (χ0) is 18.0. The van der Waals surface area contributed by atoms with E-state index in [1.807, 2.05) is 0 Å². The molecule has 0 unspecified atom stereocenters. The van der Waals surface area contributed by atoms with Gasteiger partial charge in [0.2, 0.25) is 0 Å². The van der Waals surface area contributed by atoms with Crippen LogP contribution >= 0.6 is 23.2 Å². The van der Waals surface area contributed by atoms with Crippen molar-refractivity contribution in [2.24, 2.45) is 0 Å². The largest absolute Gasteiger partial charge is 0.497 e. The van der Waals surface area contributed by atoms with Crippen molar-refractivity contribution in [2.75, 3.05) is 14.2 Å². The van der Waals surface area contributed by atoms with E-state index in [9.17, 15) is 5.11 Å². The van der Waals surface area contributed by atoms with Gasteiger partial charge in [-0.2, -0.15) is 0 Å². The summed E-state index contributed by atoms with van der Waals surface area (Å²) in [7, 11) is 3.12. The van der Waals surface area contributed by atoms with E-state index in [1.165, 1.54) is 0 Å². The minimum atomic E-state index is -0.294. The molecule has 0 atom stereocenters. The van der Waals surface area contributed by atoms with Gasteiger partial charge in [0.15, 0.2) is 5.76 Å². The molecule has 0 bridgehead atoms. The van der Waals surface area contributed by atoms with Crippen LogP contribution in [0.25, 0.3) is 22.6 Å². The van der Waals surface area contributed by atoms with Crippen LogP contribution in [0.2, 0.25) is 10.0 Å². The monoisotopic (exact) mass is 379 g/mol. The van der Waals surface area contributed by atoms with E-state index in [4.69, 9.17) is 37.2 Å². The van der Waals surface area contributed by atoms with Gasteiger partial charge in [0.1, 0.15) is 17.2 Å². The van der Waals surface area contributed by atoms with Gasteiger partial charge >= 0.3 is 0 Å². The number of halogens is 2. The molecule has 0 radical (unpaired) electrons. The summed E-state index contributed by atoms with van der Waals surface area (Å²) in [5.74, 6) is 1.57. The Bertz CT molecular complexity index is 908. The third-order valence-electron chi connectivity index (χ3n) is 3.78. The summed E-state index contributed by atoms with van der Waals surface area (Å²) in [6, 6.07) is 10.3. The molecule has 5 nitrogen and oxygen atoms in total. The van der Waals surface area contributed by atoms with Crippen LogP contribution in [0.3, 0.4) is 0 Å². The Kier molecular flexibility index (Phi) is 5.18. The van der Waals surface area contributed by atoms with Gasteiger partial charge in [0.25, 0.3) is 0 Å². The first kappa shape index (κ1) is 17.6. The molecular formula is C18H15Cl2NO4. The van der Waals surface area contributed by atoms with E-state index in [0.29, 0.717) is 49.7 Å². The summed E-state index contributed by atoms with van der Waals surface area (Å²) in [5.41, 5.74) is 2.10. The average molecular weight is 380 g/mol. The van der Waals surface area contributed by atoms with Gasteiger partial charge in [-0.05, 0) is 36.4 Å². The van der Waals surface area contributed by atoms with Crippen molar-refractivity contribution in [1.82, 2.24) is 5.16 Å². The van der Waals surface area contributed by atoms with Crippen molar-refractivity contribution in [3.05, 3.63) is 52.0 Å². The topological polar surface area (TPSA) is 64.7 Å². The van der Waals surface area contributed by atoms with Gasteiger partial charge in [-0.25, -0.2) is 0 Å². The van der Waals surface area contributed by atoms with Gasteiger partial charge in [0.05, 0.1) is 37.0 Å². The molecule has 0 aliphatic carbocycles. The number of aromatic nitrogens is 1. The molecule has 0 spiro atoms. The van der Waals surface area contributed by atoms with Crippen molar-refractivity contribution in [3.8, 4) is 34.1 Å². The number of aliphatic hydroxyl groups excluding tert-OH is 1. The highest BCUT2D eigenvalue weighted by molar-refractivity contribution is 6.35. The first-order valence-electron chi connectivity index (χ1n) is 7.36. The van der Waals surface area contributed by atoms with Crippen LogP contribution in [-0.2, 0) is 6.61 Å². The number of nitrogens with zero attached hydrogens (tertiary/aromatic N) is 1. The zero-order valence-corrected chi connectivity index (χ0v) is 15.1. The summed E-state index contributed by atoms with van der Waals surface area (Å²) in [4.78, 5) is 0. The van der Waals surface area contributed by atoms with Crippen LogP contribution in [-0.4, -0.2) is 24.5 Å². The third-order valence-corrected chi connectivity index (χ3v) is 4.35. The fourth-order valence-corrected chi connectivity index (χ4v) is 2.93. The van der Waals surface area contributed by atoms with Crippen LogP contribution in [0.4, 0.5) is 0 Å². The molecule has 0 saturated heterocycles. The number of ether oxygens (including phenoxy) is 2. The van der Waals surface area contributed by atoms with Crippen LogP contribution < -0.4 is 9.47 Å². The Hall–Kier alpha value is -2.21. The lowest BCUT2D eigenvalue weighted by Crippen LogP contribution is -1.93. The maximum atomic E-state index is 9.91. The smallest absolute Gasteiger partial charge is 0.176 e. The van der Waals surface area contributed by atoms with E-state index in [-0.39, 0.29) is 6.61 Å². The Morgan fingerprint density at radius 1 is 1.04 bits per heavy atom. The van der Waals surface area contributed by atoms with E-state index in [0.717, 1.165) is 0 Å². The summed E-state index contributed by atoms with van der Waals surface area (Å²) < 4.78 is 16.2. The Balaban J connectivity index is 2.21. The van der Waals surface area contributed by atoms with Crippen molar-refractivity contribution >= 4 is 23.2 Å². The van der Waals surface area contributed by atoms with E-state index >= 15 is 0 Å². The van der Waals surface area contributed by atoms with Gasteiger partial charge in [-0.15, -0.1) is 0 Å². The minimum Gasteiger partial charge on any atom is -0.497 e. The lowest BCUT2D eigenvalue weighted by Gasteiger charge is -2.09. The second-order valence-electron chi connectivity index (χ2n) is 5.19. The molecule has 1 aromatic heterocycles. The molecule has 0 aliphatic rings. The molecule has 0 amide bonds. The molecule has 0 saturated carbocycles. The molecule has 7 heteroatoms. The average Bonchev–Trinajstić information content (AvgIpc) is 3.06. The van der Waals surface area contributed by atoms with E-state index in [2.05, 4.69) is 5.16 Å². The summed E-state index contributed by atoms with van der Waals surface area (Å²) >= 11 is 12.3. The van der Waals surface area contributed by atoms with Gasteiger partial charge in [-0.1, -0.05) is 28.4 Å². The van der Waals surface area contributed by atoms with Gasteiger partial charge < -0.3 is 19.1 Å². The minimum absolute atomic E-state index is 0.294. The van der Waals surface area contributed by atoms with Gasteiger partial charge in [-0.3, -0.25) is 0 Å². The normalized spacial score (nSPS) is 10.8. The third kappa shape index (κ3) is 3.31. The Labute approximate surface area is 154 Å². The number of aliphatic hydroxyl groups is 1. The maximum Gasteiger partial charge on any atom is 0.176 e. The molecule has 25 heavy (non-hydrogen) atoms. The molecule has 2 aromatic carbocycles. The van der Waals surface area contributed by atoms with Crippen molar-refractivity contribution in [2.45, 2.75) is 6.61 Å². The summed E-state index contributed by atoms with van der Waals surface area (Å²) in [5, 5.41) is 15.0. The fourth-order valence-electron chi connectivity index (χ4n) is 2.55. The first-order valence-corrected chi connectivity index (χ1v) is 8.11. The van der Waals surface area contributed by atoms with Crippen molar-refractivity contribution < 1.29 is 19.1 Å². The number of hydrogen-bond acceptors (Lipinski definition) is 5. The maximum absolute atomic E-state index is 9.91. The second-order valence-corrected chi connectivity index (χ2v) is 6.03. The number of rotatable bonds is 5. The predicted molar refractivity (Wildman–Crippen MR) is 96.4 cm³/mol. The van der Waals surface area contributed by atoms with Crippen LogP contribution in [0.1, 0.15) is 5.56 Å². The summed E-state index contributed by atoms with van der Waals surface area (Å²) in [6.07, 6.45) is 0. The molecule has 0 aliphatic heterocycles. The highest BCUT2D eigenvalue weighted by Gasteiger charge is 2.23. The predicted octanol–water partition coefficient (Wildman–Crippen LogP) is 4.82. The SMILES string of the molecule is COc1ccc(OC)c(-c2onc(-c3cc(Cl)ccc3Cl)c2CO)c1. The zero-order valence-electron chi connectivity index (χ0n) is 13.5. The number of hydrogen-bond donors (Lipinski definition) is 1. The van der Waals surface area contributed by atoms with E-state index < -0.39 is 0 Å². The molecule has 1 N–H and O–H groups in total. The highest BCUT2D eigenvalue weighted by atomic mass is 35.5. The molecule has 1 heterocycles. The Morgan fingerprint density at radius 3 is 2.52 bits per heavy atom. The lowest BCUT2D eigenvalue weighted by atomic mass is 10.0. The quantitative estimate of drug-likeness (QED) is 0.687. The van der Waals surface area contributed by atoms with Crippen molar-refractivity contribution in [1.29, 1.82) is 0 Å². The van der Waals surface area contributed by atoms with Crippen LogP contribution in [0.15, 0.2) is 40.9 Å². The molecule has 130 valence electrons. The lowest BCUT2D eigenvalue weighted by molar-refractivity contribution is 0.281. The number of benzene rings is 2. The fraction of sp³-hybridized carbons (Fsp3) is 0.167. The first-order chi connectivity index (χ1) is 12.1. The van der Waals surface area contributed by atoms with Crippen molar-refractivity contribution in [3.63, 3.8) is 0 Å². The van der Waals surface area contributed by atoms with Crippen LogP contribution in [0.5, 0.6) is 11.5 Å². The Morgan fingerprint density at radius 2 is 1.84 bits per heavy atom. The second kappa shape index (κ2) is 7.35. The van der Waals surface area contributed by atoms with E-state index in [1.54, 1.807) is 50.6 Å². The molecule has 3 rings (SSSR count). The standard InChI is InChI=1S/C18H15Cl2NO4/c1-23-11-4-6-16(24-2)13(8-11)18-14(9-22)17(21-25-18)12-7-10(19)3-5-15(12)20/h3-8,22H,9H2,1-2H3. The molecule has 0 fully saturated rings.